The molecule has 2 heteroatoms. The van der Waals surface area contributed by atoms with Gasteiger partial charge in [0, 0.05) is 17.3 Å². The molecule has 1 aromatic carbocycles. The Morgan fingerprint density at radius 2 is 2.00 bits per heavy atom. The number of ketones is 1. The van der Waals surface area contributed by atoms with Crippen molar-refractivity contribution in [1.29, 1.82) is 0 Å². The summed E-state index contributed by atoms with van der Waals surface area (Å²) < 4.78 is 0. The van der Waals surface area contributed by atoms with Crippen molar-refractivity contribution in [2.75, 3.05) is 5.33 Å². The van der Waals surface area contributed by atoms with Gasteiger partial charge in [0.15, 0.2) is 5.78 Å². The van der Waals surface area contributed by atoms with E-state index < -0.39 is 0 Å². The van der Waals surface area contributed by atoms with Gasteiger partial charge in [-0.2, -0.15) is 0 Å². The van der Waals surface area contributed by atoms with Gasteiger partial charge in [-0.25, -0.2) is 0 Å². The number of carbonyl (C=O) groups excluding carboxylic acids is 1. The highest BCUT2D eigenvalue weighted by Crippen LogP contribution is 2.15. The molecule has 0 bridgehead atoms. The van der Waals surface area contributed by atoms with Gasteiger partial charge in [-0.1, -0.05) is 53.5 Å². The van der Waals surface area contributed by atoms with Crippen molar-refractivity contribution in [2.45, 2.75) is 39.0 Å². The van der Waals surface area contributed by atoms with Gasteiger partial charge in [0.05, 0.1) is 0 Å². The zero-order valence-electron chi connectivity index (χ0n) is 9.84. The van der Waals surface area contributed by atoms with Crippen molar-refractivity contribution in [3.05, 3.63) is 35.4 Å². The third-order valence-corrected chi connectivity index (χ3v) is 3.22. The predicted octanol–water partition coefficient (Wildman–Crippen LogP) is 4.39. The molecule has 0 saturated carbocycles. The van der Waals surface area contributed by atoms with Crippen molar-refractivity contribution in [3.8, 4) is 0 Å². The minimum atomic E-state index is 0.283. The molecule has 0 aliphatic heterocycles. The Bertz CT molecular complexity index is 333. The lowest BCUT2D eigenvalue weighted by atomic mass is 9.97. The molecule has 1 nitrogen and oxygen atoms in total. The Kier molecular flexibility index (Phi) is 6.39. The molecule has 0 saturated heterocycles. The van der Waals surface area contributed by atoms with Crippen LogP contribution in [0, 0.1) is 0 Å². The van der Waals surface area contributed by atoms with Crippen molar-refractivity contribution in [1.82, 2.24) is 0 Å². The second kappa shape index (κ2) is 7.61. The fourth-order valence-corrected chi connectivity index (χ4v) is 2.02. The van der Waals surface area contributed by atoms with Crippen LogP contribution in [-0.4, -0.2) is 11.1 Å². The molecular weight excluding hydrogens is 264 g/mol. The third-order valence-electron chi connectivity index (χ3n) is 2.65. The van der Waals surface area contributed by atoms with E-state index in [0.717, 1.165) is 30.2 Å². The second-order valence-electron chi connectivity index (χ2n) is 3.98. The van der Waals surface area contributed by atoms with Crippen LogP contribution < -0.4 is 0 Å². The summed E-state index contributed by atoms with van der Waals surface area (Å²) in [4.78, 5) is 12.0. The first kappa shape index (κ1) is 13.4. The van der Waals surface area contributed by atoms with Crippen LogP contribution in [0.15, 0.2) is 24.3 Å². The molecule has 16 heavy (non-hydrogen) atoms. The molecule has 0 unspecified atom stereocenters. The summed E-state index contributed by atoms with van der Waals surface area (Å²) in [6, 6.07) is 8.02. The molecule has 88 valence electrons. The van der Waals surface area contributed by atoms with Gasteiger partial charge in [-0.3, -0.25) is 4.79 Å². The van der Waals surface area contributed by atoms with Gasteiger partial charge in [0.1, 0.15) is 0 Å². The molecule has 0 atom stereocenters. The minimum absolute atomic E-state index is 0.283. The number of aryl methyl sites for hydroxylation is 1. The van der Waals surface area contributed by atoms with Crippen LogP contribution in [0.1, 0.15) is 48.5 Å². The number of carbonyl (C=O) groups is 1. The fraction of sp³-hybridized carbons (Fsp3) is 0.500. The van der Waals surface area contributed by atoms with E-state index in [2.05, 4.69) is 28.9 Å². The first-order valence-electron chi connectivity index (χ1n) is 5.96. The maximum Gasteiger partial charge on any atom is 0.163 e. The van der Waals surface area contributed by atoms with Crippen LogP contribution in [0.4, 0.5) is 0 Å². The quantitative estimate of drug-likeness (QED) is 0.536. The number of unbranched alkanes of at least 4 members (excludes halogenated alkanes) is 1. The Morgan fingerprint density at radius 1 is 1.25 bits per heavy atom. The summed E-state index contributed by atoms with van der Waals surface area (Å²) in [6.45, 7) is 2.18. The summed E-state index contributed by atoms with van der Waals surface area (Å²) in [6.07, 6.45) is 4.91. The lowest BCUT2D eigenvalue weighted by Crippen LogP contribution is -2.04. The minimum Gasteiger partial charge on any atom is -0.294 e. The lowest BCUT2D eigenvalue weighted by molar-refractivity contribution is 0.0981. The molecule has 0 heterocycles. The highest BCUT2D eigenvalue weighted by atomic mass is 79.9. The van der Waals surface area contributed by atoms with E-state index in [9.17, 15) is 4.79 Å². The summed E-state index contributed by atoms with van der Waals surface area (Å²) >= 11 is 3.36. The number of Topliss-reactive ketones (excluding diaryl/α,β-unsaturated/α-hetero) is 1. The molecule has 1 aromatic rings. The van der Waals surface area contributed by atoms with E-state index in [4.69, 9.17) is 0 Å². The van der Waals surface area contributed by atoms with Crippen LogP contribution in [0.2, 0.25) is 0 Å². The van der Waals surface area contributed by atoms with Crippen LogP contribution in [-0.2, 0) is 6.42 Å². The lowest BCUT2D eigenvalue weighted by Gasteiger charge is -2.07. The average Bonchev–Trinajstić information content (AvgIpc) is 2.33. The Labute approximate surface area is 106 Å². The third kappa shape index (κ3) is 4.09. The molecule has 0 spiro atoms. The van der Waals surface area contributed by atoms with Crippen molar-refractivity contribution < 1.29 is 4.79 Å². The summed E-state index contributed by atoms with van der Waals surface area (Å²) in [5.74, 6) is 0.283. The average molecular weight is 283 g/mol. The molecule has 0 amide bonds. The maximum absolute atomic E-state index is 12.0. The van der Waals surface area contributed by atoms with E-state index in [1.165, 1.54) is 12.0 Å². The first-order valence-corrected chi connectivity index (χ1v) is 7.08. The molecule has 1 rings (SSSR count). The smallest absolute Gasteiger partial charge is 0.163 e. The number of halogens is 1. The fourth-order valence-electron chi connectivity index (χ4n) is 1.74. The first-order chi connectivity index (χ1) is 7.79. The van der Waals surface area contributed by atoms with Gasteiger partial charge in [-0.15, -0.1) is 0 Å². The highest BCUT2D eigenvalue weighted by molar-refractivity contribution is 9.09. The monoisotopic (exact) mass is 282 g/mol. The normalized spacial score (nSPS) is 10.4. The Morgan fingerprint density at radius 3 is 2.69 bits per heavy atom. The number of hydrogen-bond acceptors (Lipinski definition) is 1. The Balaban J connectivity index is 2.73. The van der Waals surface area contributed by atoms with Gasteiger partial charge in [0.25, 0.3) is 0 Å². The SMILES string of the molecule is CCCCc1ccccc1C(=O)CCCBr. The maximum atomic E-state index is 12.0. The predicted molar refractivity (Wildman–Crippen MR) is 72.4 cm³/mol. The van der Waals surface area contributed by atoms with Gasteiger partial charge in [-0.05, 0) is 24.8 Å². The molecule has 0 N–H and O–H groups in total. The summed E-state index contributed by atoms with van der Waals surface area (Å²) in [7, 11) is 0. The molecular formula is C14H19BrO. The second-order valence-corrected chi connectivity index (χ2v) is 4.77. The highest BCUT2D eigenvalue weighted by Gasteiger charge is 2.09. The zero-order valence-corrected chi connectivity index (χ0v) is 11.4. The topological polar surface area (TPSA) is 17.1 Å². The molecule has 0 aliphatic carbocycles. The van der Waals surface area contributed by atoms with Crippen LogP contribution in [0.3, 0.4) is 0 Å². The number of rotatable bonds is 7. The molecule has 0 radical (unpaired) electrons. The van der Waals surface area contributed by atoms with Gasteiger partial charge >= 0.3 is 0 Å². The number of benzene rings is 1. The number of hydrogen-bond donors (Lipinski definition) is 0. The van der Waals surface area contributed by atoms with Gasteiger partial charge < -0.3 is 0 Å². The van der Waals surface area contributed by atoms with Crippen molar-refractivity contribution in [2.24, 2.45) is 0 Å². The van der Waals surface area contributed by atoms with E-state index in [0.29, 0.717) is 6.42 Å². The van der Waals surface area contributed by atoms with E-state index in [1.54, 1.807) is 0 Å². The van der Waals surface area contributed by atoms with Crippen molar-refractivity contribution in [3.63, 3.8) is 0 Å². The summed E-state index contributed by atoms with van der Waals surface area (Å²) in [5.41, 5.74) is 2.14. The molecule has 0 aromatic heterocycles. The number of alkyl halides is 1. The Hall–Kier alpha value is -0.630. The van der Waals surface area contributed by atoms with Crippen LogP contribution in [0.5, 0.6) is 0 Å². The van der Waals surface area contributed by atoms with Crippen molar-refractivity contribution >= 4 is 21.7 Å². The van der Waals surface area contributed by atoms with Crippen LogP contribution in [0.25, 0.3) is 0 Å². The van der Waals surface area contributed by atoms with E-state index >= 15 is 0 Å². The molecule has 0 fully saturated rings. The van der Waals surface area contributed by atoms with Crippen LogP contribution >= 0.6 is 15.9 Å². The zero-order chi connectivity index (χ0) is 11.8. The van der Waals surface area contributed by atoms with E-state index in [1.807, 2.05) is 18.2 Å². The largest absolute Gasteiger partial charge is 0.294 e. The molecule has 0 aliphatic rings. The standard InChI is InChI=1S/C14H19BrO/c1-2-3-7-12-8-4-5-9-13(12)14(16)10-6-11-15/h4-5,8-9H,2-3,6-7,10-11H2,1H3. The summed E-state index contributed by atoms with van der Waals surface area (Å²) in [5, 5.41) is 0.899. The van der Waals surface area contributed by atoms with Gasteiger partial charge in [0.2, 0.25) is 0 Å². The van der Waals surface area contributed by atoms with E-state index in [-0.39, 0.29) is 5.78 Å².